The highest BCUT2D eigenvalue weighted by molar-refractivity contribution is 6.01. The highest BCUT2D eigenvalue weighted by atomic mass is 16.4. The molecule has 3 rings (SSSR count). The van der Waals surface area contributed by atoms with Crippen LogP contribution in [0.3, 0.4) is 0 Å². The average Bonchev–Trinajstić information content (AvgIpc) is 2.87. The Morgan fingerprint density at radius 2 is 1.69 bits per heavy atom. The van der Waals surface area contributed by atoms with E-state index in [2.05, 4.69) is 17.6 Å². The van der Waals surface area contributed by atoms with Crippen LogP contribution in [0.5, 0.6) is 0 Å². The fourth-order valence-electron chi connectivity index (χ4n) is 3.49. The van der Waals surface area contributed by atoms with Crippen LogP contribution in [0.15, 0.2) is 67.3 Å². The van der Waals surface area contributed by atoms with E-state index in [9.17, 15) is 24.0 Å². The zero-order valence-corrected chi connectivity index (χ0v) is 20.1. The van der Waals surface area contributed by atoms with Gasteiger partial charge in [0.05, 0.1) is 0 Å². The fraction of sp³-hybridized carbons (Fsp3) is 0.269. The average molecular weight is 495 g/mol. The predicted molar refractivity (Wildman–Crippen MR) is 134 cm³/mol. The second-order valence-electron chi connectivity index (χ2n) is 7.95. The number of nitrogens with zero attached hydrogens (tertiary/aromatic N) is 2. The molecule has 1 atom stereocenters. The van der Waals surface area contributed by atoms with Crippen molar-refractivity contribution in [2.24, 2.45) is 5.73 Å². The van der Waals surface area contributed by atoms with E-state index < -0.39 is 18.6 Å². The summed E-state index contributed by atoms with van der Waals surface area (Å²) in [7, 11) is 0. The van der Waals surface area contributed by atoms with Crippen molar-refractivity contribution in [2.75, 3.05) is 25.0 Å². The van der Waals surface area contributed by atoms with Crippen molar-refractivity contribution in [1.29, 1.82) is 0 Å². The largest absolute Gasteiger partial charge is 0.480 e. The Morgan fingerprint density at radius 1 is 1.08 bits per heavy atom. The SMILES string of the molecule is C=CC(=O)Nc1ccc(C(=O)N2CCN(CC(=O)O)C(=O)[C@@H]2Cc2ccccc2)cc1.CCC(N)=O. The van der Waals surface area contributed by atoms with Crippen molar-refractivity contribution in [2.45, 2.75) is 25.8 Å². The summed E-state index contributed by atoms with van der Waals surface area (Å²) < 4.78 is 0. The third kappa shape index (κ3) is 8.08. The highest BCUT2D eigenvalue weighted by Gasteiger charge is 2.38. The standard InChI is InChI=1S/C23H23N3O5.C3H7NO/c1-2-20(27)24-18-10-8-17(9-11-18)22(30)26-13-12-25(15-21(28)29)23(31)19(26)14-16-6-4-3-5-7-16;1-2-3(4)5/h2-11,19H,1,12-15H2,(H,24,27)(H,28,29);2H2,1H3,(H2,4,5)/t19-;/m0./s1. The molecule has 0 aromatic heterocycles. The van der Waals surface area contributed by atoms with E-state index in [1.54, 1.807) is 31.2 Å². The van der Waals surface area contributed by atoms with Crippen LogP contribution >= 0.6 is 0 Å². The van der Waals surface area contributed by atoms with Crippen molar-refractivity contribution in [3.63, 3.8) is 0 Å². The zero-order chi connectivity index (χ0) is 26.7. The summed E-state index contributed by atoms with van der Waals surface area (Å²) in [5.74, 6) is -2.41. The smallest absolute Gasteiger partial charge is 0.323 e. The van der Waals surface area contributed by atoms with Crippen molar-refractivity contribution < 1.29 is 29.1 Å². The molecule has 4 N–H and O–H groups in total. The number of rotatable bonds is 8. The van der Waals surface area contributed by atoms with Gasteiger partial charge in [-0.2, -0.15) is 0 Å². The van der Waals surface area contributed by atoms with Gasteiger partial charge < -0.3 is 26.0 Å². The Bertz CT molecular complexity index is 1100. The first kappa shape index (κ1) is 27.8. The molecule has 0 bridgehead atoms. The molecule has 0 saturated carbocycles. The quantitative estimate of drug-likeness (QED) is 0.475. The Hall–Kier alpha value is -4.47. The minimum absolute atomic E-state index is 0.148. The maximum absolute atomic E-state index is 13.2. The molecular weight excluding hydrogens is 464 g/mol. The number of carboxylic acid groups (broad SMARTS) is 1. The number of hydrogen-bond donors (Lipinski definition) is 3. The van der Waals surface area contributed by atoms with E-state index in [1.807, 2.05) is 30.3 Å². The van der Waals surface area contributed by atoms with Crippen LogP contribution in [0.25, 0.3) is 0 Å². The fourth-order valence-corrected chi connectivity index (χ4v) is 3.49. The molecule has 10 nitrogen and oxygen atoms in total. The van der Waals surface area contributed by atoms with Gasteiger partial charge in [-0.05, 0) is 35.9 Å². The van der Waals surface area contributed by atoms with Crippen LogP contribution in [0.1, 0.15) is 29.3 Å². The molecule has 2 aromatic rings. The molecule has 0 spiro atoms. The first-order valence-corrected chi connectivity index (χ1v) is 11.3. The Morgan fingerprint density at radius 3 is 2.22 bits per heavy atom. The molecule has 1 saturated heterocycles. The first-order valence-electron chi connectivity index (χ1n) is 11.3. The van der Waals surface area contributed by atoms with Crippen molar-refractivity contribution in [3.05, 3.63) is 78.4 Å². The van der Waals surface area contributed by atoms with Crippen LogP contribution in [0.2, 0.25) is 0 Å². The number of nitrogens with two attached hydrogens (primary N) is 1. The lowest BCUT2D eigenvalue weighted by Crippen LogP contribution is -2.60. The van der Waals surface area contributed by atoms with Gasteiger partial charge in [-0.15, -0.1) is 0 Å². The van der Waals surface area contributed by atoms with E-state index in [4.69, 9.17) is 5.11 Å². The number of amides is 4. The number of carboxylic acids is 1. The number of piperazine rings is 1. The van der Waals surface area contributed by atoms with Gasteiger partial charge in [0.25, 0.3) is 5.91 Å². The van der Waals surface area contributed by atoms with Crippen LogP contribution in [-0.2, 0) is 25.6 Å². The van der Waals surface area contributed by atoms with Gasteiger partial charge in [-0.1, -0.05) is 43.8 Å². The minimum Gasteiger partial charge on any atom is -0.480 e. The van der Waals surface area contributed by atoms with Gasteiger partial charge in [-0.3, -0.25) is 24.0 Å². The van der Waals surface area contributed by atoms with E-state index in [0.29, 0.717) is 17.7 Å². The van der Waals surface area contributed by atoms with E-state index in [-0.39, 0.29) is 43.1 Å². The normalized spacial score (nSPS) is 14.8. The van der Waals surface area contributed by atoms with Crippen LogP contribution in [0.4, 0.5) is 5.69 Å². The summed E-state index contributed by atoms with van der Waals surface area (Å²) in [6.45, 7) is 5.09. The van der Waals surface area contributed by atoms with Gasteiger partial charge in [0.2, 0.25) is 17.7 Å². The first-order chi connectivity index (χ1) is 17.2. The summed E-state index contributed by atoms with van der Waals surface area (Å²) >= 11 is 0. The molecule has 36 heavy (non-hydrogen) atoms. The summed E-state index contributed by atoms with van der Waals surface area (Å²) in [5.41, 5.74) is 6.41. The molecule has 1 heterocycles. The number of anilines is 1. The number of nitrogens with one attached hydrogen (secondary N) is 1. The van der Waals surface area contributed by atoms with Gasteiger partial charge >= 0.3 is 5.97 Å². The lowest BCUT2D eigenvalue weighted by Gasteiger charge is -2.40. The van der Waals surface area contributed by atoms with Gasteiger partial charge in [-0.25, -0.2) is 0 Å². The molecule has 10 heteroatoms. The predicted octanol–water partition coefficient (Wildman–Crippen LogP) is 1.67. The van der Waals surface area contributed by atoms with Crippen molar-refractivity contribution in [3.8, 4) is 0 Å². The number of carbonyl (C=O) groups excluding carboxylic acids is 4. The molecule has 1 fully saturated rings. The second kappa shape index (κ2) is 13.4. The third-order valence-corrected chi connectivity index (χ3v) is 5.38. The monoisotopic (exact) mass is 494 g/mol. The number of primary amides is 1. The van der Waals surface area contributed by atoms with Crippen molar-refractivity contribution in [1.82, 2.24) is 9.80 Å². The molecule has 4 amide bonds. The molecule has 0 unspecified atom stereocenters. The summed E-state index contributed by atoms with van der Waals surface area (Å²) in [5, 5.41) is 11.7. The molecule has 1 aliphatic heterocycles. The highest BCUT2D eigenvalue weighted by Crippen LogP contribution is 2.20. The maximum Gasteiger partial charge on any atom is 0.323 e. The van der Waals surface area contributed by atoms with E-state index in [1.165, 1.54) is 9.80 Å². The number of hydrogen-bond acceptors (Lipinski definition) is 5. The molecular formula is C26H30N4O6. The van der Waals surface area contributed by atoms with Crippen LogP contribution in [0, 0.1) is 0 Å². The third-order valence-electron chi connectivity index (χ3n) is 5.38. The van der Waals surface area contributed by atoms with Crippen LogP contribution < -0.4 is 11.1 Å². The van der Waals surface area contributed by atoms with Gasteiger partial charge in [0, 0.05) is 37.2 Å². The van der Waals surface area contributed by atoms with Crippen molar-refractivity contribution >= 4 is 35.3 Å². The second-order valence-corrected chi connectivity index (χ2v) is 7.95. The Kier molecular flexibility index (Phi) is 10.4. The minimum atomic E-state index is -1.09. The zero-order valence-electron chi connectivity index (χ0n) is 20.1. The molecule has 2 aromatic carbocycles. The Balaban J connectivity index is 0.000000830. The van der Waals surface area contributed by atoms with E-state index >= 15 is 0 Å². The number of benzene rings is 2. The van der Waals surface area contributed by atoms with E-state index in [0.717, 1.165) is 11.6 Å². The topological polar surface area (TPSA) is 150 Å². The van der Waals surface area contributed by atoms with Crippen LogP contribution in [-0.4, -0.2) is 70.2 Å². The summed E-state index contributed by atoms with van der Waals surface area (Å²) in [6, 6.07) is 14.8. The lowest BCUT2D eigenvalue weighted by atomic mass is 10.00. The lowest BCUT2D eigenvalue weighted by molar-refractivity contribution is -0.149. The maximum atomic E-state index is 13.2. The molecule has 0 radical (unpaired) electrons. The summed E-state index contributed by atoms with van der Waals surface area (Å²) in [6.07, 6.45) is 1.88. The Labute approximate surface area is 209 Å². The molecule has 190 valence electrons. The molecule has 0 aliphatic carbocycles. The number of aliphatic carboxylic acids is 1. The van der Waals surface area contributed by atoms with Gasteiger partial charge in [0.15, 0.2) is 0 Å². The number of carbonyl (C=O) groups is 5. The molecule has 1 aliphatic rings. The summed E-state index contributed by atoms with van der Waals surface area (Å²) in [4.78, 5) is 61.1. The van der Waals surface area contributed by atoms with Gasteiger partial charge in [0.1, 0.15) is 12.6 Å².